The van der Waals surface area contributed by atoms with Crippen molar-refractivity contribution in [2.24, 2.45) is 7.05 Å². The molecule has 0 bridgehead atoms. The summed E-state index contributed by atoms with van der Waals surface area (Å²) >= 11 is 0. The fraction of sp³-hybridized carbons (Fsp3) is 0.280. The zero-order valence-corrected chi connectivity index (χ0v) is 21.1. The summed E-state index contributed by atoms with van der Waals surface area (Å²) in [6, 6.07) is 11.4. The van der Waals surface area contributed by atoms with Gasteiger partial charge in [-0.25, -0.2) is 8.42 Å². The monoisotopic (exact) mass is 498 g/mol. The molecule has 0 atom stereocenters. The summed E-state index contributed by atoms with van der Waals surface area (Å²) in [5, 5.41) is 6.80. The lowest BCUT2D eigenvalue weighted by atomic mass is 10.2. The minimum atomic E-state index is -3.73. The highest BCUT2D eigenvalue weighted by atomic mass is 32.2. The smallest absolute Gasteiger partial charge is 0.248 e. The maximum absolute atomic E-state index is 13.0. The molecular formula is C25H30N4O5S. The number of hydrogen-bond donors (Lipinski definition) is 1. The number of nitrogens with zero attached hydrogens (tertiary/aromatic N) is 3. The second kappa shape index (κ2) is 11.7. The van der Waals surface area contributed by atoms with Gasteiger partial charge in [-0.3, -0.25) is 9.48 Å². The van der Waals surface area contributed by atoms with E-state index in [-0.39, 0.29) is 10.6 Å². The fourth-order valence-corrected chi connectivity index (χ4v) is 4.82. The molecule has 0 radical (unpaired) electrons. The third kappa shape index (κ3) is 6.71. The molecule has 186 valence electrons. The zero-order chi connectivity index (χ0) is 25.4. The molecule has 3 aromatic rings. The molecule has 3 rings (SSSR count). The van der Waals surface area contributed by atoms with Crippen LogP contribution in [-0.4, -0.2) is 48.1 Å². The van der Waals surface area contributed by atoms with Gasteiger partial charge in [0, 0.05) is 38.0 Å². The first-order valence-electron chi connectivity index (χ1n) is 11.3. The lowest BCUT2D eigenvalue weighted by Gasteiger charge is -2.20. The molecule has 0 aliphatic carbocycles. The third-order valence-corrected chi connectivity index (χ3v) is 7.11. The first-order chi connectivity index (χ1) is 16.8. The van der Waals surface area contributed by atoms with Crippen LogP contribution in [0.3, 0.4) is 0 Å². The van der Waals surface area contributed by atoms with Crippen LogP contribution in [0.25, 0.3) is 6.08 Å². The van der Waals surface area contributed by atoms with Crippen LogP contribution in [0.4, 0.5) is 5.69 Å². The minimum absolute atomic E-state index is 0.0618. The van der Waals surface area contributed by atoms with Crippen LogP contribution in [0, 0.1) is 0 Å². The molecule has 0 unspecified atom stereocenters. The normalized spacial score (nSPS) is 11.7. The number of carbonyl (C=O) groups is 1. The lowest BCUT2D eigenvalue weighted by Crippen LogP contribution is -2.30. The molecule has 9 nitrogen and oxygen atoms in total. The number of carbonyl (C=O) groups excluding carboxylic acids is 1. The van der Waals surface area contributed by atoms with Gasteiger partial charge in [0.05, 0.1) is 23.4 Å². The molecule has 0 aliphatic rings. The van der Waals surface area contributed by atoms with Crippen LogP contribution >= 0.6 is 0 Å². The van der Waals surface area contributed by atoms with Gasteiger partial charge >= 0.3 is 0 Å². The third-order valence-electron chi connectivity index (χ3n) is 5.07. The van der Waals surface area contributed by atoms with Crippen molar-refractivity contribution < 1.29 is 22.7 Å². The van der Waals surface area contributed by atoms with Crippen molar-refractivity contribution in [1.29, 1.82) is 0 Å². The van der Waals surface area contributed by atoms with Crippen LogP contribution in [0.5, 0.6) is 17.2 Å². The summed E-state index contributed by atoms with van der Waals surface area (Å²) in [6.07, 6.45) is 6.36. The SMILES string of the molecule is CCOc1ccc(Oc2ccc(S(=O)(=O)N(CC)CC)cc2NC(=O)/C=C/c2cnn(C)c2)cc1. The zero-order valence-electron chi connectivity index (χ0n) is 20.3. The van der Waals surface area contributed by atoms with Gasteiger partial charge in [-0.05, 0) is 55.5 Å². The van der Waals surface area contributed by atoms with Gasteiger partial charge in [0.25, 0.3) is 0 Å². The fourth-order valence-electron chi connectivity index (χ4n) is 3.34. The first-order valence-corrected chi connectivity index (χ1v) is 12.7. The number of hydrogen-bond acceptors (Lipinski definition) is 6. The van der Waals surface area contributed by atoms with Crippen LogP contribution in [0.1, 0.15) is 26.3 Å². The summed E-state index contributed by atoms with van der Waals surface area (Å²) in [4.78, 5) is 12.7. The van der Waals surface area contributed by atoms with E-state index in [4.69, 9.17) is 9.47 Å². The van der Waals surface area contributed by atoms with Gasteiger partial charge in [-0.2, -0.15) is 9.40 Å². The standard InChI is InChI=1S/C25H30N4O5S/c1-5-29(6-2)35(31,32)22-13-14-24(34-21-11-9-20(10-12-21)33-7-3)23(16-22)27-25(30)15-8-19-17-26-28(4)18-19/h8-18H,5-7H2,1-4H3,(H,27,30)/b15-8+. The van der Waals surface area contributed by atoms with E-state index in [2.05, 4.69) is 10.4 Å². The first kappa shape index (κ1) is 26.0. The van der Waals surface area contributed by atoms with Crippen molar-refractivity contribution in [2.45, 2.75) is 25.7 Å². The van der Waals surface area contributed by atoms with Crippen molar-refractivity contribution >= 4 is 27.7 Å². The molecule has 1 amide bonds. The van der Waals surface area contributed by atoms with E-state index >= 15 is 0 Å². The van der Waals surface area contributed by atoms with E-state index in [1.165, 1.54) is 28.6 Å². The molecule has 0 fully saturated rings. The molecule has 1 aromatic heterocycles. The second-order valence-corrected chi connectivity index (χ2v) is 9.46. The summed E-state index contributed by atoms with van der Waals surface area (Å²) < 4.78 is 40.5. The molecule has 10 heteroatoms. The van der Waals surface area contributed by atoms with Gasteiger partial charge < -0.3 is 14.8 Å². The lowest BCUT2D eigenvalue weighted by molar-refractivity contribution is -0.111. The number of nitrogens with one attached hydrogen (secondary N) is 1. The Balaban J connectivity index is 1.92. The van der Waals surface area contributed by atoms with Crippen LogP contribution in [0.2, 0.25) is 0 Å². The predicted octanol–water partition coefficient (Wildman–Crippen LogP) is 4.29. The summed E-state index contributed by atoms with van der Waals surface area (Å²) in [5.41, 5.74) is 0.985. The number of benzene rings is 2. The van der Waals surface area contributed by atoms with E-state index in [0.29, 0.717) is 36.9 Å². The van der Waals surface area contributed by atoms with Crippen molar-refractivity contribution in [2.75, 3.05) is 25.0 Å². The van der Waals surface area contributed by atoms with Gasteiger partial charge in [0.1, 0.15) is 11.5 Å². The second-order valence-electron chi connectivity index (χ2n) is 7.52. The highest BCUT2D eigenvalue weighted by molar-refractivity contribution is 7.89. The van der Waals surface area contributed by atoms with Gasteiger partial charge in [0.15, 0.2) is 5.75 Å². The van der Waals surface area contributed by atoms with Crippen LogP contribution in [-0.2, 0) is 21.9 Å². The Hall–Kier alpha value is -3.63. The Morgan fingerprint density at radius 2 is 1.77 bits per heavy atom. The average molecular weight is 499 g/mol. The number of ether oxygens (including phenoxy) is 2. The van der Waals surface area contributed by atoms with Gasteiger partial charge in [0.2, 0.25) is 15.9 Å². The molecule has 0 saturated carbocycles. The quantitative estimate of drug-likeness (QED) is 0.396. The Labute approximate surface area is 206 Å². The van der Waals surface area contributed by atoms with Crippen LogP contribution in [0.15, 0.2) is 65.8 Å². The highest BCUT2D eigenvalue weighted by Crippen LogP contribution is 2.33. The molecular weight excluding hydrogens is 468 g/mol. The van der Waals surface area contributed by atoms with Crippen molar-refractivity contribution in [1.82, 2.24) is 14.1 Å². The predicted molar refractivity (Wildman–Crippen MR) is 135 cm³/mol. The molecule has 2 aromatic carbocycles. The Morgan fingerprint density at radius 3 is 2.37 bits per heavy atom. The summed E-state index contributed by atoms with van der Waals surface area (Å²) in [5.74, 6) is 1.07. The summed E-state index contributed by atoms with van der Waals surface area (Å²) in [6.45, 7) is 6.66. The molecule has 0 aliphatic heterocycles. The van der Waals surface area contributed by atoms with E-state index in [1.54, 1.807) is 68.3 Å². The number of anilines is 1. The number of sulfonamides is 1. The molecule has 0 saturated heterocycles. The van der Waals surface area contributed by atoms with Crippen molar-refractivity contribution in [3.8, 4) is 17.2 Å². The van der Waals surface area contributed by atoms with E-state index in [9.17, 15) is 13.2 Å². The number of rotatable bonds is 11. The van der Waals surface area contributed by atoms with Crippen molar-refractivity contribution in [3.05, 3.63) is 66.5 Å². The van der Waals surface area contributed by atoms with Crippen LogP contribution < -0.4 is 14.8 Å². The van der Waals surface area contributed by atoms with Gasteiger partial charge in [-0.1, -0.05) is 13.8 Å². The molecule has 1 heterocycles. The Morgan fingerprint density at radius 1 is 1.09 bits per heavy atom. The maximum atomic E-state index is 13.0. The number of aromatic nitrogens is 2. The molecule has 0 spiro atoms. The topological polar surface area (TPSA) is 103 Å². The number of aryl methyl sites for hydroxylation is 1. The van der Waals surface area contributed by atoms with Gasteiger partial charge in [-0.15, -0.1) is 0 Å². The van der Waals surface area contributed by atoms with E-state index in [0.717, 1.165) is 5.56 Å². The molecule has 1 N–H and O–H groups in total. The largest absolute Gasteiger partial charge is 0.494 e. The van der Waals surface area contributed by atoms with Crippen molar-refractivity contribution in [3.63, 3.8) is 0 Å². The van der Waals surface area contributed by atoms with E-state index < -0.39 is 15.9 Å². The Bertz CT molecular complexity index is 1280. The Kier molecular flexibility index (Phi) is 8.67. The minimum Gasteiger partial charge on any atom is -0.494 e. The molecule has 35 heavy (non-hydrogen) atoms. The number of amides is 1. The summed E-state index contributed by atoms with van der Waals surface area (Å²) in [7, 11) is -1.95. The average Bonchev–Trinajstić information content (AvgIpc) is 3.26. The maximum Gasteiger partial charge on any atom is 0.248 e. The van der Waals surface area contributed by atoms with E-state index in [1.807, 2.05) is 6.92 Å². The highest BCUT2D eigenvalue weighted by Gasteiger charge is 2.23.